The molecule has 2 N–H and O–H groups in total. The van der Waals surface area contributed by atoms with Crippen molar-refractivity contribution in [1.29, 1.82) is 0 Å². The van der Waals surface area contributed by atoms with Gasteiger partial charge in [-0.1, -0.05) is 6.07 Å². The fourth-order valence-electron chi connectivity index (χ4n) is 3.57. The molecule has 3 aromatic rings. The summed E-state index contributed by atoms with van der Waals surface area (Å²) in [6.45, 7) is 2.17. The number of fused-ring (bicyclic) bond motifs is 1. The van der Waals surface area contributed by atoms with E-state index in [4.69, 9.17) is 0 Å². The van der Waals surface area contributed by atoms with E-state index in [9.17, 15) is 4.79 Å². The van der Waals surface area contributed by atoms with E-state index in [0.717, 1.165) is 48.9 Å². The van der Waals surface area contributed by atoms with Gasteiger partial charge in [-0.25, -0.2) is 9.78 Å². The number of aromatic amines is 1. The van der Waals surface area contributed by atoms with Crippen LogP contribution in [0.4, 0.5) is 4.79 Å². The first-order valence-electron chi connectivity index (χ1n) is 9.11. The van der Waals surface area contributed by atoms with Crippen molar-refractivity contribution in [2.75, 3.05) is 13.1 Å². The van der Waals surface area contributed by atoms with Gasteiger partial charge in [-0.15, -0.1) is 0 Å². The van der Waals surface area contributed by atoms with Gasteiger partial charge in [0, 0.05) is 32.0 Å². The fraction of sp³-hybridized carbons (Fsp3) is 0.350. The zero-order valence-corrected chi connectivity index (χ0v) is 14.7. The van der Waals surface area contributed by atoms with E-state index in [1.807, 2.05) is 35.5 Å². The molecule has 26 heavy (non-hydrogen) atoms. The lowest BCUT2D eigenvalue weighted by Gasteiger charge is -2.32. The first-order chi connectivity index (χ1) is 12.8. The summed E-state index contributed by atoms with van der Waals surface area (Å²) < 4.78 is 0. The van der Waals surface area contributed by atoms with Crippen molar-refractivity contribution in [1.82, 2.24) is 25.2 Å². The molecule has 1 saturated heterocycles. The van der Waals surface area contributed by atoms with Crippen molar-refractivity contribution in [3.8, 4) is 0 Å². The van der Waals surface area contributed by atoms with Crippen LogP contribution in [0.15, 0.2) is 49.1 Å². The Labute approximate surface area is 152 Å². The average molecular weight is 349 g/mol. The Hall–Kier alpha value is -2.89. The van der Waals surface area contributed by atoms with Gasteiger partial charge in [0.1, 0.15) is 0 Å². The van der Waals surface area contributed by atoms with Gasteiger partial charge in [0.05, 0.1) is 17.4 Å². The van der Waals surface area contributed by atoms with Gasteiger partial charge in [-0.3, -0.25) is 4.98 Å². The number of piperidine rings is 1. The summed E-state index contributed by atoms with van der Waals surface area (Å²) >= 11 is 0. The predicted molar refractivity (Wildman–Crippen MR) is 101 cm³/mol. The van der Waals surface area contributed by atoms with E-state index in [1.165, 1.54) is 5.56 Å². The number of likely N-dealkylation sites (tertiary alicyclic amines) is 1. The van der Waals surface area contributed by atoms with Crippen molar-refractivity contribution >= 4 is 17.1 Å². The highest BCUT2D eigenvalue weighted by atomic mass is 16.2. The standard InChI is InChI=1S/C20H23N5O/c26-20(22-13-17-1-2-18-19(12-17)24-14-23-18)25-9-5-16(6-10-25)11-15-3-7-21-8-4-15/h1-4,7-8,12,14,16H,5-6,9-11,13H2,(H,22,26)(H,23,24). The minimum atomic E-state index is 0.0251. The number of hydrogen-bond acceptors (Lipinski definition) is 3. The molecule has 6 heteroatoms. The first kappa shape index (κ1) is 16.6. The third-order valence-corrected chi connectivity index (χ3v) is 5.10. The number of nitrogens with one attached hydrogen (secondary N) is 2. The summed E-state index contributed by atoms with van der Waals surface area (Å²) in [6.07, 6.45) is 8.55. The van der Waals surface area contributed by atoms with E-state index in [2.05, 4.69) is 32.4 Å². The van der Waals surface area contributed by atoms with Gasteiger partial charge in [0.15, 0.2) is 0 Å². The number of pyridine rings is 1. The molecule has 0 aliphatic carbocycles. The van der Waals surface area contributed by atoms with Crippen LogP contribution in [0.25, 0.3) is 11.0 Å². The zero-order valence-electron chi connectivity index (χ0n) is 14.7. The smallest absolute Gasteiger partial charge is 0.317 e. The van der Waals surface area contributed by atoms with Gasteiger partial charge >= 0.3 is 6.03 Å². The lowest BCUT2D eigenvalue weighted by Crippen LogP contribution is -2.44. The molecule has 2 amide bonds. The van der Waals surface area contributed by atoms with Crippen molar-refractivity contribution < 1.29 is 4.79 Å². The number of aromatic nitrogens is 3. The highest BCUT2D eigenvalue weighted by Gasteiger charge is 2.22. The van der Waals surface area contributed by atoms with E-state index in [-0.39, 0.29) is 6.03 Å². The molecule has 0 unspecified atom stereocenters. The first-order valence-corrected chi connectivity index (χ1v) is 9.11. The quantitative estimate of drug-likeness (QED) is 0.760. The molecule has 134 valence electrons. The molecule has 0 saturated carbocycles. The molecule has 6 nitrogen and oxygen atoms in total. The molecule has 0 atom stereocenters. The topological polar surface area (TPSA) is 73.9 Å². The molecular formula is C20H23N5O. The summed E-state index contributed by atoms with van der Waals surface area (Å²) in [6, 6.07) is 10.2. The normalized spacial score (nSPS) is 15.3. The molecule has 2 aromatic heterocycles. The number of hydrogen-bond donors (Lipinski definition) is 2. The predicted octanol–water partition coefficient (Wildman–Crippen LogP) is 3.12. The van der Waals surface area contributed by atoms with Crippen LogP contribution in [-0.2, 0) is 13.0 Å². The highest BCUT2D eigenvalue weighted by Crippen LogP contribution is 2.21. The van der Waals surface area contributed by atoms with Gasteiger partial charge in [0.25, 0.3) is 0 Å². The monoisotopic (exact) mass is 349 g/mol. The maximum Gasteiger partial charge on any atom is 0.317 e. The third-order valence-electron chi connectivity index (χ3n) is 5.10. The van der Waals surface area contributed by atoms with Crippen LogP contribution in [0, 0.1) is 5.92 Å². The second kappa shape index (κ2) is 7.56. The zero-order chi connectivity index (χ0) is 17.8. The molecule has 4 rings (SSSR count). The molecule has 0 bridgehead atoms. The second-order valence-electron chi connectivity index (χ2n) is 6.90. The number of imidazole rings is 1. The lowest BCUT2D eigenvalue weighted by atomic mass is 9.90. The Morgan fingerprint density at radius 1 is 1.15 bits per heavy atom. The van der Waals surface area contributed by atoms with E-state index < -0.39 is 0 Å². The molecule has 0 spiro atoms. The highest BCUT2D eigenvalue weighted by molar-refractivity contribution is 5.76. The van der Waals surface area contributed by atoms with Gasteiger partial charge < -0.3 is 15.2 Å². The number of benzene rings is 1. The summed E-state index contributed by atoms with van der Waals surface area (Å²) in [5.41, 5.74) is 4.34. The van der Waals surface area contributed by atoms with E-state index >= 15 is 0 Å². The minimum Gasteiger partial charge on any atom is -0.345 e. The van der Waals surface area contributed by atoms with E-state index in [0.29, 0.717) is 12.5 Å². The number of rotatable bonds is 4. The summed E-state index contributed by atoms with van der Waals surface area (Å²) in [5.74, 6) is 0.643. The van der Waals surface area contributed by atoms with Gasteiger partial charge in [-0.2, -0.15) is 0 Å². The van der Waals surface area contributed by atoms with Crippen LogP contribution in [0.1, 0.15) is 24.0 Å². The SMILES string of the molecule is O=C(NCc1ccc2nc[nH]c2c1)N1CCC(Cc2ccncc2)CC1. The Kier molecular flexibility index (Phi) is 4.82. The largest absolute Gasteiger partial charge is 0.345 e. The van der Waals surface area contributed by atoms with E-state index in [1.54, 1.807) is 6.33 Å². The maximum absolute atomic E-state index is 12.4. The number of urea groups is 1. The van der Waals surface area contributed by atoms with Crippen molar-refractivity contribution in [3.63, 3.8) is 0 Å². The summed E-state index contributed by atoms with van der Waals surface area (Å²) in [4.78, 5) is 25.7. The number of amides is 2. The van der Waals surface area contributed by atoms with Crippen LogP contribution in [0.3, 0.4) is 0 Å². The molecule has 1 aliphatic heterocycles. The number of carbonyl (C=O) groups excluding carboxylic acids is 1. The maximum atomic E-state index is 12.4. The van der Waals surface area contributed by atoms with Gasteiger partial charge in [-0.05, 0) is 60.6 Å². The second-order valence-corrected chi connectivity index (χ2v) is 6.90. The lowest BCUT2D eigenvalue weighted by molar-refractivity contribution is 0.170. The summed E-state index contributed by atoms with van der Waals surface area (Å²) in [7, 11) is 0. The number of carbonyl (C=O) groups is 1. The van der Waals surface area contributed by atoms with Crippen LogP contribution in [0.2, 0.25) is 0 Å². The van der Waals surface area contributed by atoms with Gasteiger partial charge in [0.2, 0.25) is 0 Å². The molecular weight excluding hydrogens is 326 g/mol. The molecule has 1 fully saturated rings. The van der Waals surface area contributed by atoms with Crippen LogP contribution in [0.5, 0.6) is 0 Å². The Balaban J connectivity index is 1.25. The Bertz CT molecular complexity index is 868. The molecule has 1 aliphatic rings. The Morgan fingerprint density at radius 2 is 1.96 bits per heavy atom. The van der Waals surface area contributed by atoms with Crippen molar-refractivity contribution in [3.05, 3.63) is 60.2 Å². The minimum absolute atomic E-state index is 0.0251. The van der Waals surface area contributed by atoms with Crippen molar-refractivity contribution in [2.24, 2.45) is 5.92 Å². The summed E-state index contributed by atoms with van der Waals surface area (Å²) in [5, 5.41) is 3.03. The molecule has 1 aromatic carbocycles. The molecule has 0 radical (unpaired) electrons. The fourth-order valence-corrected chi connectivity index (χ4v) is 3.57. The van der Waals surface area contributed by atoms with Crippen LogP contribution >= 0.6 is 0 Å². The Morgan fingerprint density at radius 3 is 2.77 bits per heavy atom. The third kappa shape index (κ3) is 3.85. The van der Waals surface area contributed by atoms with Crippen LogP contribution < -0.4 is 5.32 Å². The molecule has 3 heterocycles. The number of H-pyrrole nitrogens is 1. The van der Waals surface area contributed by atoms with Crippen LogP contribution in [-0.4, -0.2) is 39.0 Å². The van der Waals surface area contributed by atoms with Crippen molar-refractivity contribution in [2.45, 2.75) is 25.8 Å². The average Bonchev–Trinajstić information content (AvgIpc) is 3.15. The number of nitrogens with zero attached hydrogens (tertiary/aromatic N) is 3.